The van der Waals surface area contributed by atoms with Crippen LogP contribution in [0.5, 0.6) is 0 Å². The number of carbonyl (C=O) groups is 4. The van der Waals surface area contributed by atoms with Crippen molar-refractivity contribution in [3.8, 4) is 17.4 Å². The van der Waals surface area contributed by atoms with Crippen LogP contribution in [-0.2, 0) is 14.3 Å². The van der Waals surface area contributed by atoms with Gasteiger partial charge in [-0.15, -0.1) is 0 Å². The Morgan fingerprint density at radius 1 is 1.15 bits per heavy atom. The van der Waals surface area contributed by atoms with Gasteiger partial charge in [0.15, 0.2) is 6.61 Å². The third-order valence-electron chi connectivity index (χ3n) is 9.06. The Balaban J connectivity index is 1.24. The molecule has 1 N–H and O–H groups in total. The minimum Gasteiger partial charge on any atom is -0.457 e. The van der Waals surface area contributed by atoms with E-state index in [1.54, 1.807) is 42.5 Å². The molecule has 1 aliphatic heterocycles. The van der Waals surface area contributed by atoms with Crippen molar-refractivity contribution in [2.45, 2.75) is 51.5 Å². The first-order valence-electron chi connectivity index (χ1n) is 13.4. The Morgan fingerprint density at radius 3 is 2.51 bits per heavy atom. The molecular weight excluding hydrogens is 498 g/mol. The number of urea groups is 1. The third kappa shape index (κ3) is 4.44. The number of amides is 4. The van der Waals surface area contributed by atoms with Crippen molar-refractivity contribution in [1.29, 1.82) is 5.26 Å². The summed E-state index contributed by atoms with van der Waals surface area (Å²) < 4.78 is 10.7. The zero-order valence-corrected chi connectivity index (χ0v) is 21.6. The fourth-order valence-corrected chi connectivity index (χ4v) is 7.69. The van der Waals surface area contributed by atoms with Gasteiger partial charge in [-0.1, -0.05) is 12.1 Å². The van der Waals surface area contributed by atoms with Gasteiger partial charge in [0.2, 0.25) is 0 Å². The first-order chi connectivity index (χ1) is 18.8. The fourth-order valence-electron chi connectivity index (χ4n) is 7.69. The van der Waals surface area contributed by atoms with Crippen LogP contribution < -0.4 is 5.32 Å². The minimum atomic E-state index is -0.751. The number of esters is 1. The highest BCUT2D eigenvalue weighted by atomic mass is 16.5. The molecule has 4 aliphatic carbocycles. The number of hydrogen-bond donors (Lipinski definition) is 1. The largest absolute Gasteiger partial charge is 0.457 e. The Hall–Kier alpha value is -4.19. The molecular formula is C30H29N3O6. The number of imide groups is 2. The molecule has 9 nitrogen and oxygen atoms in total. The number of barbiturate groups is 1. The van der Waals surface area contributed by atoms with Crippen LogP contribution in [0, 0.1) is 34.5 Å². The molecule has 5 fully saturated rings. The Morgan fingerprint density at radius 2 is 1.85 bits per heavy atom. The number of nitrogens with zero attached hydrogens (tertiary/aromatic N) is 2. The molecule has 39 heavy (non-hydrogen) atoms. The molecule has 5 aliphatic rings. The molecule has 0 spiro atoms. The summed E-state index contributed by atoms with van der Waals surface area (Å²) in [7, 11) is 0. The number of furan rings is 1. The van der Waals surface area contributed by atoms with E-state index in [9.17, 15) is 19.2 Å². The molecule has 0 radical (unpaired) electrons. The van der Waals surface area contributed by atoms with E-state index in [1.807, 2.05) is 6.92 Å². The second kappa shape index (κ2) is 9.53. The molecule has 1 aromatic carbocycles. The number of benzene rings is 1. The van der Waals surface area contributed by atoms with E-state index in [4.69, 9.17) is 14.4 Å². The normalized spacial score (nSPS) is 29.3. The molecule has 9 heteroatoms. The van der Waals surface area contributed by atoms with Crippen LogP contribution in [0.15, 0.2) is 46.4 Å². The van der Waals surface area contributed by atoms with Crippen molar-refractivity contribution < 1.29 is 28.3 Å². The standard InChI is InChI=1S/C30H29N3O6/c1-17(30-14-18-9-19(15-30)11-20(10-18)16-30)33-27(35)24(26(34)32-29(33)37)13-23-5-6-25(39-23)21-3-2-4-22(12-21)28(36)38-8-7-31/h2-6,12-13,17-20H,8-11,14-16H2,1H3,(H,32,34,37)/b24-13+/t17-,18?,19?,20?,30?/m0/s1. The molecule has 2 heterocycles. The van der Waals surface area contributed by atoms with E-state index in [0.717, 1.165) is 19.3 Å². The maximum absolute atomic E-state index is 13.6. The van der Waals surface area contributed by atoms with Crippen molar-refractivity contribution in [3.05, 3.63) is 53.3 Å². The summed E-state index contributed by atoms with van der Waals surface area (Å²) in [5.41, 5.74) is 0.595. The number of nitrogens with one attached hydrogen (secondary N) is 1. The summed E-state index contributed by atoms with van der Waals surface area (Å²) in [5.74, 6) is 0.665. The summed E-state index contributed by atoms with van der Waals surface area (Å²) >= 11 is 0. The smallest absolute Gasteiger partial charge is 0.339 e. The molecule has 0 unspecified atom stereocenters. The van der Waals surface area contributed by atoms with Gasteiger partial charge in [0, 0.05) is 11.6 Å². The average molecular weight is 528 g/mol. The van der Waals surface area contributed by atoms with Gasteiger partial charge in [0.1, 0.15) is 23.2 Å². The Bertz CT molecular complexity index is 1410. The quantitative estimate of drug-likeness (QED) is 0.328. The summed E-state index contributed by atoms with van der Waals surface area (Å²) in [6, 6.07) is 10.6. The number of carbonyl (C=O) groups excluding carboxylic acids is 4. The number of hydrogen-bond acceptors (Lipinski definition) is 7. The number of ether oxygens (including phenoxy) is 1. The molecule has 1 atom stereocenters. The van der Waals surface area contributed by atoms with Gasteiger partial charge in [-0.2, -0.15) is 5.26 Å². The van der Waals surface area contributed by atoms with Crippen LogP contribution in [0.4, 0.5) is 4.79 Å². The van der Waals surface area contributed by atoms with Gasteiger partial charge in [-0.25, -0.2) is 9.59 Å². The van der Waals surface area contributed by atoms with Crippen LogP contribution in [-0.4, -0.2) is 41.4 Å². The predicted octanol–water partition coefficient (Wildman–Crippen LogP) is 4.69. The fraction of sp³-hybridized carbons (Fsp3) is 0.433. The molecule has 200 valence electrons. The van der Waals surface area contributed by atoms with E-state index in [2.05, 4.69) is 5.32 Å². The number of rotatable bonds is 6. The zero-order valence-electron chi connectivity index (χ0n) is 21.6. The van der Waals surface area contributed by atoms with E-state index in [-0.39, 0.29) is 35.0 Å². The summed E-state index contributed by atoms with van der Waals surface area (Å²) in [4.78, 5) is 52.7. The van der Waals surface area contributed by atoms with Crippen LogP contribution in [0.2, 0.25) is 0 Å². The molecule has 7 rings (SSSR count). The summed E-state index contributed by atoms with van der Waals surface area (Å²) in [6.45, 7) is 1.61. The molecule has 1 saturated heterocycles. The lowest BCUT2D eigenvalue weighted by atomic mass is 9.47. The van der Waals surface area contributed by atoms with Gasteiger partial charge in [-0.05, 0) is 99.0 Å². The number of nitriles is 1. The average Bonchev–Trinajstić information content (AvgIpc) is 3.37. The van der Waals surface area contributed by atoms with Gasteiger partial charge in [0.05, 0.1) is 5.56 Å². The van der Waals surface area contributed by atoms with Gasteiger partial charge in [-0.3, -0.25) is 19.8 Å². The van der Waals surface area contributed by atoms with Gasteiger partial charge < -0.3 is 9.15 Å². The molecule has 4 bridgehead atoms. The zero-order chi connectivity index (χ0) is 27.3. The minimum absolute atomic E-state index is 0.0928. The van der Waals surface area contributed by atoms with Crippen molar-refractivity contribution in [2.75, 3.05) is 6.61 Å². The topological polar surface area (TPSA) is 130 Å². The van der Waals surface area contributed by atoms with Crippen LogP contribution in [0.1, 0.15) is 61.6 Å². The first-order valence-corrected chi connectivity index (χ1v) is 13.4. The Kier molecular flexibility index (Phi) is 6.13. The molecule has 2 aromatic rings. The van der Waals surface area contributed by atoms with Crippen molar-refractivity contribution in [3.63, 3.8) is 0 Å². The van der Waals surface area contributed by atoms with Crippen LogP contribution in [0.25, 0.3) is 17.4 Å². The van der Waals surface area contributed by atoms with Gasteiger partial charge >= 0.3 is 12.0 Å². The lowest BCUT2D eigenvalue weighted by Crippen LogP contribution is -2.63. The van der Waals surface area contributed by atoms with Gasteiger partial charge in [0.25, 0.3) is 11.8 Å². The first kappa shape index (κ1) is 25.1. The maximum Gasteiger partial charge on any atom is 0.339 e. The van der Waals surface area contributed by atoms with Crippen LogP contribution in [0.3, 0.4) is 0 Å². The SMILES string of the molecule is C[C@H](N1C(=O)NC(=O)/C(=C\c2ccc(-c3cccc(C(=O)OCC#N)c3)o2)C1=O)C12CC3CC(CC(C3)C1)C2. The lowest BCUT2D eigenvalue weighted by Gasteiger charge is -2.60. The second-order valence-electron chi connectivity index (χ2n) is 11.5. The van der Waals surface area contributed by atoms with E-state index >= 15 is 0 Å². The highest BCUT2D eigenvalue weighted by Gasteiger charge is 2.56. The monoisotopic (exact) mass is 527 g/mol. The molecule has 1 aromatic heterocycles. The Labute approximate surface area is 225 Å². The summed E-state index contributed by atoms with van der Waals surface area (Å²) in [6.07, 6.45) is 8.18. The maximum atomic E-state index is 13.6. The van der Waals surface area contributed by atoms with Crippen molar-refractivity contribution in [2.24, 2.45) is 23.2 Å². The third-order valence-corrected chi connectivity index (χ3v) is 9.06. The van der Waals surface area contributed by atoms with E-state index in [1.165, 1.54) is 30.2 Å². The van der Waals surface area contributed by atoms with E-state index < -0.39 is 23.8 Å². The molecule has 4 amide bonds. The lowest BCUT2D eigenvalue weighted by molar-refractivity contribution is -0.139. The highest BCUT2D eigenvalue weighted by molar-refractivity contribution is 6.31. The predicted molar refractivity (Wildman–Crippen MR) is 138 cm³/mol. The van der Waals surface area contributed by atoms with Crippen molar-refractivity contribution >= 4 is 29.9 Å². The molecule has 4 saturated carbocycles. The van der Waals surface area contributed by atoms with Crippen LogP contribution >= 0.6 is 0 Å². The summed E-state index contributed by atoms with van der Waals surface area (Å²) in [5, 5.41) is 11.0. The highest BCUT2D eigenvalue weighted by Crippen LogP contribution is 2.62. The van der Waals surface area contributed by atoms with E-state index in [0.29, 0.717) is 29.1 Å². The second-order valence-corrected chi connectivity index (χ2v) is 11.5. The van der Waals surface area contributed by atoms with Crippen molar-refractivity contribution in [1.82, 2.24) is 10.2 Å².